The van der Waals surface area contributed by atoms with Gasteiger partial charge in [-0.05, 0) is 31.9 Å². The van der Waals surface area contributed by atoms with Crippen LogP contribution < -0.4 is 10.3 Å². The normalized spacial score (nSPS) is 15.6. The van der Waals surface area contributed by atoms with Crippen molar-refractivity contribution in [3.05, 3.63) is 58.3 Å². The summed E-state index contributed by atoms with van der Waals surface area (Å²) in [7, 11) is 0. The van der Waals surface area contributed by atoms with Gasteiger partial charge in [0.1, 0.15) is 23.9 Å². The summed E-state index contributed by atoms with van der Waals surface area (Å²) in [4.78, 5) is 3.34. The molecule has 0 atom stereocenters. The van der Waals surface area contributed by atoms with Crippen LogP contribution in [0.15, 0.2) is 30.3 Å². The highest BCUT2D eigenvalue weighted by molar-refractivity contribution is 5.56. The molecule has 118 valence electrons. The Labute approximate surface area is 137 Å². The smallest absolute Gasteiger partial charge is 0.291 e. The van der Waals surface area contributed by atoms with E-state index in [1.807, 2.05) is 25.1 Å². The predicted molar refractivity (Wildman–Crippen MR) is 88.8 cm³/mol. The van der Waals surface area contributed by atoms with Gasteiger partial charge in [-0.15, -0.1) is 0 Å². The summed E-state index contributed by atoms with van der Waals surface area (Å²) < 4.78 is 5.89. The number of anilines is 1. The highest BCUT2D eigenvalue weighted by atomic mass is 16.5. The number of aromatic amines is 1. The molecule has 0 bridgehead atoms. The van der Waals surface area contributed by atoms with E-state index in [0.717, 1.165) is 29.1 Å². The first-order chi connectivity index (χ1) is 11.0. The van der Waals surface area contributed by atoms with Crippen LogP contribution in [0.25, 0.3) is 0 Å². The van der Waals surface area contributed by atoms with Gasteiger partial charge in [-0.1, -0.05) is 30.3 Å². The number of rotatable bonds is 3. The Kier molecular flexibility index (Phi) is 4.06. The molecule has 4 nitrogen and oxygen atoms in total. The zero-order chi connectivity index (χ0) is 16.4. The van der Waals surface area contributed by atoms with Crippen LogP contribution >= 0.6 is 0 Å². The molecule has 0 radical (unpaired) electrons. The van der Waals surface area contributed by atoms with E-state index in [-0.39, 0.29) is 5.60 Å². The maximum absolute atomic E-state index is 9.68. The fraction of sp³-hybridized carbons (Fsp3) is 0.368. The van der Waals surface area contributed by atoms with E-state index in [1.165, 1.54) is 5.56 Å². The minimum absolute atomic E-state index is 0.233. The van der Waals surface area contributed by atoms with E-state index < -0.39 is 0 Å². The second kappa shape index (κ2) is 6.02. The van der Waals surface area contributed by atoms with Crippen molar-refractivity contribution in [3.63, 3.8) is 0 Å². The molecular formula is C19H22N3O+. The summed E-state index contributed by atoms with van der Waals surface area (Å²) >= 11 is 0. The molecule has 0 amide bonds. The lowest BCUT2D eigenvalue weighted by atomic mass is 9.88. The predicted octanol–water partition coefficient (Wildman–Crippen LogP) is 3.14. The number of aryl methyl sites for hydroxylation is 1. The molecule has 0 unspecified atom stereocenters. The van der Waals surface area contributed by atoms with Crippen LogP contribution in [-0.2, 0) is 24.3 Å². The van der Waals surface area contributed by atoms with Crippen molar-refractivity contribution in [2.75, 3.05) is 5.32 Å². The lowest BCUT2D eigenvalue weighted by molar-refractivity contribution is -0.373. The molecule has 0 saturated carbocycles. The molecule has 2 aromatic rings. The number of nitrogens with one attached hydrogen (secondary N) is 2. The number of H-pyrrole nitrogens is 1. The van der Waals surface area contributed by atoms with Gasteiger partial charge in [-0.2, -0.15) is 5.26 Å². The van der Waals surface area contributed by atoms with Gasteiger partial charge < -0.3 is 4.74 Å². The number of hydrogen-bond donors (Lipinski definition) is 1. The SMILES string of the molecule is Cc1[nH+]c(NCc2ccccc2)c(C#N)c2c1COC(C)(C)C2. The number of nitriles is 1. The van der Waals surface area contributed by atoms with Crippen LogP contribution in [0.3, 0.4) is 0 Å². The standard InChI is InChI=1S/C19H21N3O/c1-13-17-12-23-19(2,3)9-15(17)16(10-20)18(22-13)21-11-14-7-5-4-6-8-14/h4-8H,9,11-12H2,1-3H3,(H,21,22)/p+1. The van der Waals surface area contributed by atoms with Crippen molar-refractivity contribution >= 4 is 5.82 Å². The molecule has 4 heteroatoms. The third-order valence-electron chi connectivity index (χ3n) is 4.31. The molecule has 3 rings (SSSR count). The van der Waals surface area contributed by atoms with Gasteiger partial charge in [-0.3, -0.25) is 5.32 Å². The van der Waals surface area contributed by atoms with E-state index >= 15 is 0 Å². The molecule has 1 aromatic carbocycles. The number of nitrogens with zero attached hydrogens (tertiary/aromatic N) is 1. The molecule has 0 saturated heterocycles. The first-order valence-electron chi connectivity index (χ1n) is 7.89. The van der Waals surface area contributed by atoms with Gasteiger partial charge in [0, 0.05) is 12.0 Å². The number of pyridine rings is 1. The summed E-state index contributed by atoms with van der Waals surface area (Å²) in [5.74, 6) is 0.797. The highest BCUT2D eigenvalue weighted by Crippen LogP contribution is 2.32. The van der Waals surface area contributed by atoms with Crippen molar-refractivity contribution in [3.8, 4) is 6.07 Å². The Morgan fingerprint density at radius 3 is 2.70 bits per heavy atom. The maximum atomic E-state index is 9.68. The Morgan fingerprint density at radius 2 is 2.00 bits per heavy atom. The van der Waals surface area contributed by atoms with Gasteiger partial charge in [0.15, 0.2) is 0 Å². The van der Waals surface area contributed by atoms with Crippen LogP contribution in [0.1, 0.15) is 41.8 Å². The largest absolute Gasteiger partial charge is 0.370 e. The summed E-state index contributed by atoms with van der Waals surface area (Å²) in [6.07, 6.45) is 0.751. The van der Waals surface area contributed by atoms with Crippen molar-refractivity contribution < 1.29 is 9.72 Å². The number of hydrogen-bond acceptors (Lipinski definition) is 3. The molecule has 0 spiro atoms. The minimum atomic E-state index is -0.233. The highest BCUT2D eigenvalue weighted by Gasteiger charge is 2.32. The van der Waals surface area contributed by atoms with E-state index in [2.05, 4.69) is 42.4 Å². The third kappa shape index (κ3) is 3.20. The maximum Gasteiger partial charge on any atom is 0.291 e. The van der Waals surface area contributed by atoms with Gasteiger partial charge >= 0.3 is 0 Å². The molecule has 1 aromatic heterocycles. The third-order valence-corrected chi connectivity index (χ3v) is 4.31. The molecule has 1 aliphatic rings. The average molecular weight is 308 g/mol. The lowest BCUT2D eigenvalue weighted by Gasteiger charge is -2.32. The molecular weight excluding hydrogens is 286 g/mol. The van der Waals surface area contributed by atoms with E-state index in [0.29, 0.717) is 18.7 Å². The molecule has 0 fully saturated rings. The van der Waals surface area contributed by atoms with Crippen LogP contribution in [0, 0.1) is 18.3 Å². The average Bonchev–Trinajstić information content (AvgIpc) is 2.53. The Morgan fingerprint density at radius 1 is 1.26 bits per heavy atom. The lowest BCUT2D eigenvalue weighted by Crippen LogP contribution is -2.35. The second-order valence-electron chi connectivity index (χ2n) is 6.63. The number of ether oxygens (including phenoxy) is 1. The first kappa shape index (κ1) is 15.5. The Balaban J connectivity index is 1.95. The van der Waals surface area contributed by atoms with Gasteiger partial charge in [0.25, 0.3) is 5.82 Å². The fourth-order valence-corrected chi connectivity index (χ4v) is 3.03. The van der Waals surface area contributed by atoms with Crippen LogP contribution in [0.2, 0.25) is 0 Å². The zero-order valence-electron chi connectivity index (χ0n) is 13.9. The number of aromatic nitrogens is 1. The molecule has 0 aliphatic carbocycles. The number of benzene rings is 1. The van der Waals surface area contributed by atoms with Gasteiger partial charge in [-0.25, -0.2) is 4.98 Å². The van der Waals surface area contributed by atoms with Crippen molar-refractivity contribution in [1.82, 2.24) is 0 Å². The zero-order valence-corrected chi connectivity index (χ0v) is 13.9. The molecule has 2 heterocycles. The summed E-state index contributed by atoms with van der Waals surface area (Å²) in [5, 5.41) is 13.1. The second-order valence-corrected chi connectivity index (χ2v) is 6.63. The van der Waals surface area contributed by atoms with Crippen LogP contribution in [-0.4, -0.2) is 5.60 Å². The van der Waals surface area contributed by atoms with E-state index in [4.69, 9.17) is 4.74 Å². The molecule has 2 N–H and O–H groups in total. The Bertz CT molecular complexity index is 760. The monoisotopic (exact) mass is 308 g/mol. The molecule has 1 aliphatic heterocycles. The summed E-state index contributed by atoms with van der Waals surface area (Å²) in [6.45, 7) is 7.41. The van der Waals surface area contributed by atoms with Crippen LogP contribution in [0.5, 0.6) is 0 Å². The Hall–Kier alpha value is -2.38. The quantitative estimate of drug-likeness (QED) is 0.947. The van der Waals surface area contributed by atoms with E-state index in [1.54, 1.807) is 0 Å². The first-order valence-corrected chi connectivity index (χ1v) is 7.89. The summed E-state index contributed by atoms with van der Waals surface area (Å²) in [6, 6.07) is 12.6. The fourth-order valence-electron chi connectivity index (χ4n) is 3.03. The van der Waals surface area contributed by atoms with Crippen LogP contribution in [0.4, 0.5) is 5.82 Å². The van der Waals surface area contributed by atoms with Crippen molar-refractivity contribution in [1.29, 1.82) is 5.26 Å². The minimum Gasteiger partial charge on any atom is -0.370 e. The van der Waals surface area contributed by atoms with E-state index in [9.17, 15) is 5.26 Å². The topological polar surface area (TPSA) is 59.2 Å². The van der Waals surface area contributed by atoms with Gasteiger partial charge in [0.05, 0.1) is 12.2 Å². The number of fused-ring (bicyclic) bond motifs is 1. The van der Waals surface area contributed by atoms with Gasteiger partial charge in [0.2, 0.25) is 0 Å². The summed E-state index contributed by atoms with van der Waals surface area (Å²) in [5.41, 5.74) is 4.94. The molecule has 23 heavy (non-hydrogen) atoms. The van der Waals surface area contributed by atoms with Crippen molar-refractivity contribution in [2.24, 2.45) is 0 Å². The van der Waals surface area contributed by atoms with Crippen molar-refractivity contribution in [2.45, 2.75) is 45.9 Å².